The van der Waals surface area contributed by atoms with E-state index in [2.05, 4.69) is 74.2 Å². The van der Waals surface area contributed by atoms with Crippen LogP contribution in [-0.4, -0.2) is 0 Å². The van der Waals surface area contributed by atoms with Gasteiger partial charge < -0.3 is 0 Å². The van der Waals surface area contributed by atoms with Crippen LogP contribution in [0.5, 0.6) is 0 Å². The predicted molar refractivity (Wildman–Crippen MR) is 143 cm³/mol. The van der Waals surface area contributed by atoms with Gasteiger partial charge in [-0.2, -0.15) is 0 Å². The standard InChI is InChI=1S/C33H42/c1-3-5-25-8-12-28(13-9-25)30-18-20-33-23-31(19-21-32(33)22-30)29-16-14-27(15-17-29)26-10-6-24(4-2)7-11-26/h3-5,14-17,19,21,23-26,28,30H,2,6-13,18,20,22H2,1H3/b5-3+. The van der Waals surface area contributed by atoms with Gasteiger partial charge in [-0.15, -0.1) is 6.58 Å². The second kappa shape index (κ2) is 10.5. The monoisotopic (exact) mass is 438 g/mol. The van der Waals surface area contributed by atoms with Crippen molar-refractivity contribution in [2.45, 2.75) is 83.5 Å². The summed E-state index contributed by atoms with van der Waals surface area (Å²) in [6.07, 6.45) is 21.7. The molecule has 0 aliphatic heterocycles. The van der Waals surface area contributed by atoms with Crippen molar-refractivity contribution >= 4 is 0 Å². The van der Waals surface area contributed by atoms with Crippen LogP contribution in [0.15, 0.2) is 67.3 Å². The Morgan fingerprint density at radius 1 is 0.697 bits per heavy atom. The van der Waals surface area contributed by atoms with E-state index in [0.717, 1.165) is 29.6 Å². The number of allylic oxidation sites excluding steroid dienone is 3. The Hall–Kier alpha value is -2.08. The van der Waals surface area contributed by atoms with Crippen LogP contribution in [0.3, 0.4) is 0 Å². The van der Waals surface area contributed by atoms with Gasteiger partial charge in [0.1, 0.15) is 0 Å². The molecule has 0 aromatic heterocycles. The summed E-state index contributed by atoms with van der Waals surface area (Å²) in [7, 11) is 0. The van der Waals surface area contributed by atoms with Gasteiger partial charge in [-0.25, -0.2) is 0 Å². The zero-order valence-electron chi connectivity index (χ0n) is 20.6. The second-order valence-corrected chi connectivity index (χ2v) is 11.2. The maximum atomic E-state index is 3.99. The van der Waals surface area contributed by atoms with Crippen LogP contribution in [0.2, 0.25) is 0 Å². The molecule has 1 atom stereocenters. The van der Waals surface area contributed by atoms with E-state index in [-0.39, 0.29) is 0 Å². The molecule has 3 aliphatic carbocycles. The molecule has 2 saturated carbocycles. The summed E-state index contributed by atoms with van der Waals surface area (Å²) >= 11 is 0. The van der Waals surface area contributed by atoms with E-state index in [1.165, 1.54) is 87.3 Å². The lowest BCUT2D eigenvalue weighted by Crippen LogP contribution is -2.26. The van der Waals surface area contributed by atoms with E-state index in [4.69, 9.17) is 0 Å². The molecule has 0 saturated heterocycles. The first-order valence-corrected chi connectivity index (χ1v) is 13.7. The van der Waals surface area contributed by atoms with Crippen molar-refractivity contribution < 1.29 is 0 Å². The molecule has 1 unspecified atom stereocenters. The number of hydrogen-bond donors (Lipinski definition) is 0. The molecule has 2 aromatic carbocycles. The summed E-state index contributed by atoms with van der Waals surface area (Å²) in [5.74, 6) is 4.18. The number of fused-ring (bicyclic) bond motifs is 1. The molecule has 0 heterocycles. The van der Waals surface area contributed by atoms with Crippen LogP contribution in [0.4, 0.5) is 0 Å². The lowest BCUT2D eigenvalue weighted by Gasteiger charge is -2.36. The SMILES string of the molecule is C=CC1CCC(c2ccc(-c3ccc4c(c3)CCC(C3CCC(/C=C/C)CC3)C4)cc2)CC1. The Bertz CT molecular complexity index is 946. The van der Waals surface area contributed by atoms with Gasteiger partial charge in [-0.05, 0) is 135 Å². The molecule has 0 spiro atoms. The molecule has 0 amide bonds. The van der Waals surface area contributed by atoms with E-state index >= 15 is 0 Å². The predicted octanol–water partition coefficient (Wildman–Crippen LogP) is 9.30. The van der Waals surface area contributed by atoms with Crippen molar-refractivity contribution in [1.82, 2.24) is 0 Å². The number of aryl methyl sites for hydroxylation is 1. The number of rotatable bonds is 5. The quantitative estimate of drug-likeness (QED) is 0.408. The second-order valence-electron chi connectivity index (χ2n) is 11.2. The lowest BCUT2D eigenvalue weighted by molar-refractivity contribution is 0.206. The molecule has 2 fully saturated rings. The molecule has 0 radical (unpaired) electrons. The highest BCUT2D eigenvalue weighted by Crippen LogP contribution is 2.41. The average Bonchev–Trinajstić information content (AvgIpc) is 2.89. The fourth-order valence-electron chi connectivity index (χ4n) is 7.08. The van der Waals surface area contributed by atoms with Crippen LogP contribution in [0.25, 0.3) is 11.1 Å². The van der Waals surface area contributed by atoms with Crippen LogP contribution in [-0.2, 0) is 12.8 Å². The zero-order chi connectivity index (χ0) is 22.6. The van der Waals surface area contributed by atoms with Gasteiger partial charge in [0.25, 0.3) is 0 Å². The molecular weight excluding hydrogens is 396 g/mol. The van der Waals surface area contributed by atoms with Gasteiger partial charge in [0.15, 0.2) is 0 Å². The van der Waals surface area contributed by atoms with E-state index in [9.17, 15) is 0 Å². The van der Waals surface area contributed by atoms with Gasteiger partial charge >= 0.3 is 0 Å². The van der Waals surface area contributed by atoms with Crippen molar-refractivity contribution in [3.05, 3.63) is 84.0 Å². The Kier molecular flexibility index (Phi) is 7.19. The molecule has 3 aliphatic rings. The molecule has 2 aromatic rings. The summed E-state index contributed by atoms with van der Waals surface area (Å²) in [5, 5.41) is 0. The van der Waals surface area contributed by atoms with Crippen LogP contribution < -0.4 is 0 Å². The third kappa shape index (κ3) is 5.21. The topological polar surface area (TPSA) is 0 Å². The summed E-state index contributed by atoms with van der Waals surface area (Å²) < 4.78 is 0. The lowest BCUT2D eigenvalue weighted by atomic mass is 9.69. The molecule has 0 heteroatoms. The Balaban J connectivity index is 1.21. The van der Waals surface area contributed by atoms with Gasteiger partial charge in [0.05, 0.1) is 0 Å². The summed E-state index contributed by atoms with van der Waals surface area (Å²) in [4.78, 5) is 0. The van der Waals surface area contributed by atoms with Crippen LogP contribution in [0, 0.1) is 23.7 Å². The summed E-state index contributed by atoms with van der Waals surface area (Å²) in [6, 6.07) is 16.9. The third-order valence-electron chi connectivity index (χ3n) is 9.24. The molecular formula is C33H42. The van der Waals surface area contributed by atoms with Crippen LogP contribution in [0.1, 0.15) is 87.3 Å². The first-order chi connectivity index (χ1) is 16.2. The minimum absolute atomic E-state index is 0.740. The van der Waals surface area contributed by atoms with Gasteiger partial charge in [-0.3, -0.25) is 0 Å². The maximum absolute atomic E-state index is 3.99. The molecule has 0 bridgehead atoms. The largest absolute Gasteiger partial charge is 0.103 e. The first kappa shape index (κ1) is 22.7. The highest BCUT2D eigenvalue weighted by molar-refractivity contribution is 5.65. The Morgan fingerprint density at radius 3 is 2.09 bits per heavy atom. The van der Waals surface area contributed by atoms with E-state index in [1.807, 2.05) is 0 Å². The Morgan fingerprint density at radius 2 is 1.39 bits per heavy atom. The van der Waals surface area contributed by atoms with Gasteiger partial charge in [0.2, 0.25) is 0 Å². The van der Waals surface area contributed by atoms with E-state index in [1.54, 1.807) is 11.1 Å². The molecule has 5 rings (SSSR count). The first-order valence-electron chi connectivity index (χ1n) is 13.7. The Labute approximate surface area is 202 Å². The molecule has 174 valence electrons. The van der Waals surface area contributed by atoms with Crippen molar-refractivity contribution in [2.75, 3.05) is 0 Å². The van der Waals surface area contributed by atoms with Crippen molar-refractivity contribution in [3.8, 4) is 11.1 Å². The minimum atomic E-state index is 0.740. The third-order valence-corrected chi connectivity index (χ3v) is 9.24. The average molecular weight is 439 g/mol. The fourth-order valence-corrected chi connectivity index (χ4v) is 7.08. The van der Waals surface area contributed by atoms with Crippen molar-refractivity contribution in [2.24, 2.45) is 23.7 Å². The zero-order valence-corrected chi connectivity index (χ0v) is 20.6. The van der Waals surface area contributed by atoms with E-state index < -0.39 is 0 Å². The number of hydrogen-bond acceptors (Lipinski definition) is 0. The van der Waals surface area contributed by atoms with Gasteiger partial charge in [-0.1, -0.05) is 60.7 Å². The molecule has 0 nitrogen and oxygen atoms in total. The van der Waals surface area contributed by atoms with Crippen molar-refractivity contribution in [1.29, 1.82) is 0 Å². The van der Waals surface area contributed by atoms with Gasteiger partial charge in [0, 0.05) is 0 Å². The summed E-state index contributed by atoms with van der Waals surface area (Å²) in [6.45, 7) is 6.16. The fraction of sp³-hybridized carbons (Fsp3) is 0.515. The highest BCUT2D eigenvalue weighted by Gasteiger charge is 2.29. The minimum Gasteiger partial charge on any atom is -0.103 e. The molecule has 0 N–H and O–H groups in total. The number of benzene rings is 2. The normalized spacial score (nSPS) is 30.2. The van der Waals surface area contributed by atoms with Crippen molar-refractivity contribution in [3.63, 3.8) is 0 Å². The van der Waals surface area contributed by atoms with E-state index in [0.29, 0.717) is 0 Å². The maximum Gasteiger partial charge on any atom is -0.0162 e. The highest BCUT2D eigenvalue weighted by atomic mass is 14.3. The molecule has 33 heavy (non-hydrogen) atoms. The summed E-state index contributed by atoms with van der Waals surface area (Å²) in [5.41, 5.74) is 7.55. The van der Waals surface area contributed by atoms with Crippen LogP contribution >= 0.6 is 0 Å². The smallest absolute Gasteiger partial charge is 0.0162 e.